The van der Waals surface area contributed by atoms with Crippen LogP contribution in [0.3, 0.4) is 0 Å². The lowest BCUT2D eigenvalue weighted by Crippen LogP contribution is -2.20. The standard InChI is InChI=1S/C14H15N3O/c1-11-7-14(17-18-11)10-16-9-13(8-15)12-5-3-2-4-6-12/h2-7,13,16H,9-10H2,1H3. The highest BCUT2D eigenvalue weighted by atomic mass is 16.5. The summed E-state index contributed by atoms with van der Waals surface area (Å²) in [6.45, 7) is 3.08. The minimum Gasteiger partial charge on any atom is -0.361 e. The van der Waals surface area contributed by atoms with Crippen molar-refractivity contribution in [2.45, 2.75) is 19.4 Å². The average Bonchev–Trinajstić information content (AvgIpc) is 2.81. The highest BCUT2D eigenvalue weighted by Gasteiger charge is 2.09. The fourth-order valence-corrected chi connectivity index (χ4v) is 1.77. The van der Waals surface area contributed by atoms with Crippen LogP contribution in [0.15, 0.2) is 40.9 Å². The Labute approximate surface area is 106 Å². The molecule has 4 nitrogen and oxygen atoms in total. The zero-order chi connectivity index (χ0) is 12.8. The zero-order valence-electron chi connectivity index (χ0n) is 10.3. The molecule has 0 aliphatic carbocycles. The summed E-state index contributed by atoms with van der Waals surface area (Å²) in [5.74, 6) is 0.658. The first-order valence-corrected chi connectivity index (χ1v) is 5.87. The lowest BCUT2D eigenvalue weighted by atomic mass is 10.0. The van der Waals surface area contributed by atoms with Crippen molar-refractivity contribution in [1.29, 1.82) is 5.26 Å². The number of aromatic nitrogens is 1. The maximum Gasteiger partial charge on any atom is 0.133 e. The molecule has 1 atom stereocenters. The third kappa shape index (κ3) is 3.19. The largest absolute Gasteiger partial charge is 0.361 e. The molecule has 0 aliphatic heterocycles. The molecule has 92 valence electrons. The lowest BCUT2D eigenvalue weighted by molar-refractivity contribution is 0.388. The van der Waals surface area contributed by atoms with Gasteiger partial charge in [-0.15, -0.1) is 0 Å². The molecule has 0 radical (unpaired) electrons. The molecule has 0 saturated carbocycles. The Morgan fingerprint density at radius 1 is 1.39 bits per heavy atom. The molecule has 1 aromatic heterocycles. The van der Waals surface area contributed by atoms with E-state index in [0.29, 0.717) is 13.1 Å². The first-order valence-electron chi connectivity index (χ1n) is 5.87. The van der Waals surface area contributed by atoms with Gasteiger partial charge >= 0.3 is 0 Å². The molecule has 0 fully saturated rings. The van der Waals surface area contributed by atoms with Crippen LogP contribution in [0, 0.1) is 18.3 Å². The fourth-order valence-electron chi connectivity index (χ4n) is 1.77. The first kappa shape index (κ1) is 12.3. The number of hydrogen-bond acceptors (Lipinski definition) is 4. The smallest absolute Gasteiger partial charge is 0.133 e. The van der Waals surface area contributed by atoms with Gasteiger partial charge < -0.3 is 9.84 Å². The normalized spacial score (nSPS) is 12.0. The molecule has 1 unspecified atom stereocenters. The highest BCUT2D eigenvalue weighted by Crippen LogP contribution is 2.13. The average molecular weight is 241 g/mol. The Balaban J connectivity index is 1.87. The van der Waals surface area contributed by atoms with Crippen LogP contribution in [0.25, 0.3) is 0 Å². The van der Waals surface area contributed by atoms with Crippen molar-refractivity contribution in [3.63, 3.8) is 0 Å². The van der Waals surface area contributed by atoms with E-state index in [9.17, 15) is 0 Å². The van der Waals surface area contributed by atoms with Crippen LogP contribution in [-0.2, 0) is 6.54 Å². The second-order valence-electron chi connectivity index (χ2n) is 4.15. The van der Waals surface area contributed by atoms with Crippen LogP contribution >= 0.6 is 0 Å². The van der Waals surface area contributed by atoms with Crippen molar-refractivity contribution in [3.8, 4) is 6.07 Å². The van der Waals surface area contributed by atoms with Gasteiger partial charge in [0.25, 0.3) is 0 Å². The zero-order valence-corrected chi connectivity index (χ0v) is 10.3. The number of hydrogen-bond donors (Lipinski definition) is 1. The van der Waals surface area contributed by atoms with Gasteiger partial charge in [0.15, 0.2) is 0 Å². The Morgan fingerprint density at radius 2 is 2.17 bits per heavy atom. The molecule has 2 aromatic rings. The van der Waals surface area contributed by atoms with Crippen LogP contribution in [-0.4, -0.2) is 11.7 Å². The van der Waals surface area contributed by atoms with Crippen molar-refractivity contribution in [2.24, 2.45) is 0 Å². The fraction of sp³-hybridized carbons (Fsp3) is 0.286. The van der Waals surface area contributed by atoms with Crippen molar-refractivity contribution >= 4 is 0 Å². The molecule has 0 spiro atoms. The summed E-state index contributed by atoms with van der Waals surface area (Å²) in [5.41, 5.74) is 1.89. The Morgan fingerprint density at radius 3 is 2.78 bits per heavy atom. The van der Waals surface area contributed by atoms with E-state index in [1.807, 2.05) is 43.3 Å². The van der Waals surface area contributed by atoms with Gasteiger partial charge in [0, 0.05) is 19.2 Å². The van der Waals surface area contributed by atoms with Gasteiger partial charge in [-0.05, 0) is 12.5 Å². The third-order valence-electron chi connectivity index (χ3n) is 2.69. The predicted octanol–water partition coefficient (Wildman–Crippen LogP) is 2.38. The Kier molecular flexibility index (Phi) is 4.11. The molecule has 0 amide bonds. The van der Waals surface area contributed by atoms with Crippen LogP contribution < -0.4 is 5.32 Å². The monoisotopic (exact) mass is 241 g/mol. The number of nitrogens with zero attached hydrogens (tertiary/aromatic N) is 2. The SMILES string of the molecule is Cc1cc(CNCC(C#N)c2ccccc2)no1. The maximum atomic E-state index is 9.16. The molecule has 2 rings (SSSR count). The molecule has 18 heavy (non-hydrogen) atoms. The topological polar surface area (TPSA) is 61.9 Å². The summed E-state index contributed by atoms with van der Waals surface area (Å²) in [6, 6.07) is 14.0. The second kappa shape index (κ2) is 5.99. The molecule has 0 aliphatic rings. The molecule has 1 heterocycles. The number of benzene rings is 1. The van der Waals surface area contributed by atoms with E-state index >= 15 is 0 Å². The number of nitriles is 1. The minimum absolute atomic E-state index is 0.140. The van der Waals surface area contributed by atoms with E-state index < -0.39 is 0 Å². The summed E-state index contributed by atoms with van der Waals surface area (Å²) in [5, 5.41) is 16.3. The summed E-state index contributed by atoms with van der Waals surface area (Å²) in [4.78, 5) is 0. The number of aryl methyl sites for hydroxylation is 1. The lowest BCUT2D eigenvalue weighted by Gasteiger charge is -2.09. The summed E-state index contributed by atoms with van der Waals surface area (Å²) < 4.78 is 4.98. The predicted molar refractivity (Wildman–Crippen MR) is 67.7 cm³/mol. The summed E-state index contributed by atoms with van der Waals surface area (Å²) >= 11 is 0. The van der Waals surface area contributed by atoms with Crippen molar-refractivity contribution < 1.29 is 4.52 Å². The quantitative estimate of drug-likeness (QED) is 0.873. The van der Waals surface area contributed by atoms with E-state index in [1.165, 1.54) is 0 Å². The van der Waals surface area contributed by atoms with Crippen molar-refractivity contribution in [3.05, 3.63) is 53.4 Å². The van der Waals surface area contributed by atoms with Gasteiger partial charge in [0.1, 0.15) is 5.76 Å². The van der Waals surface area contributed by atoms with Gasteiger partial charge in [0.2, 0.25) is 0 Å². The van der Waals surface area contributed by atoms with Gasteiger partial charge in [-0.2, -0.15) is 5.26 Å². The Bertz CT molecular complexity index is 527. The van der Waals surface area contributed by atoms with E-state index in [2.05, 4.69) is 16.5 Å². The minimum atomic E-state index is -0.140. The Hall–Kier alpha value is -2.12. The van der Waals surface area contributed by atoms with Crippen LogP contribution in [0.2, 0.25) is 0 Å². The number of rotatable bonds is 5. The van der Waals surface area contributed by atoms with E-state index in [0.717, 1.165) is 17.0 Å². The van der Waals surface area contributed by atoms with E-state index in [4.69, 9.17) is 9.78 Å². The second-order valence-corrected chi connectivity index (χ2v) is 4.15. The van der Waals surface area contributed by atoms with Gasteiger partial charge in [-0.3, -0.25) is 0 Å². The van der Waals surface area contributed by atoms with Crippen LogP contribution in [0.1, 0.15) is 22.9 Å². The van der Waals surface area contributed by atoms with Gasteiger partial charge in [-0.1, -0.05) is 35.5 Å². The van der Waals surface area contributed by atoms with Crippen LogP contribution in [0.4, 0.5) is 0 Å². The molecular formula is C14H15N3O. The molecule has 0 bridgehead atoms. The molecule has 1 N–H and O–H groups in total. The molecule has 4 heteroatoms. The van der Waals surface area contributed by atoms with Gasteiger partial charge in [0.05, 0.1) is 17.7 Å². The molecular weight excluding hydrogens is 226 g/mol. The van der Waals surface area contributed by atoms with E-state index in [-0.39, 0.29) is 5.92 Å². The van der Waals surface area contributed by atoms with Crippen molar-refractivity contribution in [2.75, 3.05) is 6.54 Å². The van der Waals surface area contributed by atoms with E-state index in [1.54, 1.807) is 0 Å². The number of nitrogens with one attached hydrogen (secondary N) is 1. The van der Waals surface area contributed by atoms with Gasteiger partial charge in [-0.25, -0.2) is 0 Å². The summed E-state index contributed by atoms with van der Waals surface area (Å²) in [7, 11) is 0. The van der Waals surface area contributed by atoms with Crippen molar-refractivity contribution in [1.82, 2.24) is 10.5 Å². The maximum absolute atomic E-state index is 9.16. The van der Waals surface area contributed by atoms with Crippen LogP contribution in [0.5, 0.6) is 0 Å². The first-order chi connectivity index (χ1) is 8.79. The third-order valence-corrected chi connectivity index (χ3v) is 2.69. The highest BCUT2D eigenvalue weighted by molar-refractivity contribution is 5.25. The summed E-state index contributed by atoms with van der Waals surface area (Å²) in [6.07, 6.45) is 0. The molecule has 0 saturated heterocycles. The molecule has 1 aromatic carbocycles.